The molecule has 0 aliphatic carbocycles. The second-order valence-electron chi connectivity index (χ2n) is 10.9. The van der Waals surface area contributed by atoms with E-state index in [9.17, 15) is 9.59 Å². The van der Waals surface area contributed by atoms with E-state index < -0.39 is 0 Å². The first-order valence-electron chi connectivity index (χ1n) is 14.4. The van der Waals surface area contributed by atoms with Crippen molar-refractivity contribution in [2.24, 2.45) is 0 Å². The second kappa shape index (κ2) is 13.6. The average Bonchev–Trinajstić information content (AvgIpc) is 3.38. The maximum Gasteiger partial charge on any atom is 0.223 e. The summed E-state index contributed by atoms with van der Waals surface area (Å²) >= 11 is 1.86. The van der Waals surface area contributed by atoms with Crippen molar-refractivity contribution >= 4 is 23.2 Å². The van der Waals surface area contributed by atoms with Crippen LogP contribution in [0.4, 0.5) is 0 Å². The Morgan fingerprint density at radius 3 is 2.49 bits per heavy atom. The van der Waals surface area contributed by atoms with Crippen LogP contribution < -0.4 is 0 Å². The van der Waals surface area contributed by atoms with Gasteiger partial charge < -0.3 is 9.80 Å². The van der Waals surface area contributed by atoms with E-state index >= 15 is 0 Å². The van der Waals surface area contributed by atoms with E-state index in [1.165, 1.54) is 47.3 Å². The molecule has 1 aromatic carbocycles. The molecule has 6 heteroatoms. The van der Waals surface area contributed by atoms with Gasteiger partial charge in [0.1, 0.15) is 0 Å². The van der Waals surface area contributed by atoms with E-state index in [0.29, 0.717) is 32.5 Å². The lowest BCUT2D eigenvalue weighted by Gasteiger charge is -2.41. The number of thiophene rings is 1. The fourth-order valence-electron chi connectivity index (χ4n) is 6.02. The number of fused-ring (bicyclic) bond motifs is 1. The predicted octanol–water partition coefficient (Wildman–Crippen LogP) is 6.20. The Hall–Kier alpha value is -2.18. The number of benzene rings is 1. The van der Waals surface area contributed by atoms with Crippen LogP contribution in [0.3, 0.4) is 0 Å². The molecule has 2 aromatic rings. The highest BCUT2D eigenvalue weighted by atomic mass is 32.1. The predicted molar refractivity (Wildman–Crippen MR) is 153 cm³/mol. The number of aryl methyl sites for hydroxylation is 1. The lowest BCUT2D eigenvalue weighted by atomic mass is 9.90. The summed E-state index contributed by atoms with van der Waals surface area (Å²) in [7, 11) is 0. The van der Waals surface area contributed by atoms with Gasteiger partial charge in [-0.3, -0.25) is 14.5 Å². The largest absolute Gasteiger partial charge is 0.339 e. The Labute approximate surface area is 227 Å². The summed E-state index contributed by atoms with van der Waals surface area (Å²) in [5.41, 5.74) is 4.06. The highest BCUT2D eigenvalue weighted by Gasteiger charge is 2.32. The molecule has 3 heterocycles. The molecule has 2 aliphatic heterocycles. The number of nitrogens with zero attached hydrogens (tertiary/aromatic N) is 3. The van der Waals surface area contributed by atoms with Crippen LogP contribution in [-0.4, -0.2) is 65.3 Å². The van der Waals surface area contributed by atoms with Gasteiger partial charge >= 0.3 is 0 Å². The van der Waals surface area contributed by atoms with Crippen molar-refractivity contribution in [1.82, 2.24) is 14.7 Å². The molecule has 5 nitrogen and oxygen atoms in total. The molecule has 0 radical (unpaired) electrons. The third-order valence-electron chi connectivity index (χ3n) is 8.21. The van der Waals surface area contributed by atoms with E-state index in [-0.39, 0.29) is 23.9 Å². The minimum absolute atomic E-state index is 0.0911. The molecule has 1 saturated heterocycles. The van der Waals surface area contributed by atoms with Crippen molar-refractivity contribution < 1.29 is 9.59 Å². The summed E-state index contributed by atoms with van der Waals surface area (Å²) in [5, 5.41) is 2.21. The lowest BCUT2D eigenvalue weighted by molar-refractivity contribution is -0.142. The minimum Gasteiger partial charge on any atom is -0.339 e. The zero-order chi connectivity index (χ0) is 26.2. The Kier molecular flexibility index (Phi) is 10.2. The molecule has 2 amide bonds. The Bertz CT molecular complexity index is 1030. The highest BCUT2D eigenvalue weighted by molar-refractivity contribution is 7.10. The number of hydrogen-bond acceptors (Lipinski definition) is 4. The van der Waals surface area contributed by atoms with Crippen molar-refractivity contribution in [2.45, 2.75) is 90.6 Å². The van der Waals surface area contributed by atoms with Crippen LogP contribution in [0.25, 0.3) is 0 Å². The first-order valence-corrected chi connectivity index (χ1v) is 15.3. The average molecular weight is 524 g/mol. The van der Waals surface area contributed by atoms with E-state index in [1.54, 1.807) is 0 Å². The SMILES string of the molecule is CCCCCCCCC(=O)N1CCN(C(=O)CCN2CCc3sccc3[C@@H]2c2ccccc2C)C[C@H]1C. The van der Waals surface area contributed by atoms with Crippen molar-refractivity contribution in [3.63, 3.8) is 0 Å². The first kappa shape index (κ1) is 27.8. The number of amides is 2. The van der Waals surface area contributed by atoms with E-state index in [1.807, 2.05) is 21.1 Å². The molecule has 2 aliphatic rings. The molecular weight excluding hydrogens is 478 g/mol. The van der Waals surface area contributed by atoms with E-state index in [4.69, 9.17) is 0 Å². The van der Waals surface area contributed by atoms with Crippen LogP contribution in [0.5, 0.6) is 0 Å². The number of hydrogen-bond donors (Lipinski definition) is 0. The minimum atomic E-state index is 0.0911. The third-order valence-corrected chi connectivity index (χ3v) is 9.20. The molecule has 1 fully saturated rings. The van der Waals surface area contributed by atoms with Crippen molar-refractivity contribution in [1.29, 1.82) is 0 Å². The fourth-order valence-corrected chi connectivity index (χ4v) is 6.92. The molecule has 2 atom stereocenters. The monoisotopic (exact) mass is 523 g/mol. The van der Waals surface area contributed by atoms with Gasteiger partial charge in [-0.1, -0.05) is 63.3 Å². The molecule has 0 N–H and O–H groups in total. The summed E-state index contributed by atoms with van der Waals surface area (Å²) < 4.78 is 0. The zero-order valence-corrected chi connectivity index (χ0v) is 23.9. The summed E-state index contributed by atoms with van der Waals surface area (Å²) in [6.45, 7) is 10.2. The van der Waals surface area contributed by atoms with Gasteiger partial charge in [-0.25, -0.2) is 0 Å². The van der Waals surface area contributed by atoms with Gasteiger partial charge in [-0.2, -0.15) is 0 Å². The summed E-state index contributed by atoms with van der Waals surface area (Å²) in [4.78, 5) is 34.0. The van der Waals surface area contributed by atoms with E-state index in [0.717, 1.165) is 32.4 Å². The summed E-state index contributed by atoms with van der Waals surface area (Å²) in [6, 6.07) is 11.2. The molecule has 0 saturated carbocycles. The van der Waals surface area contributed by atoms with Crippen LogP contribution in [0.1, 0.15) is 92.8 Å². The fraction of sp³-hybridized carbons (Fsp3) is 0.613. The van der Waals surface area contributed by atoms with Gasteiger partial charge in [0.25, 0.3) is 0 Å². The zero-order valence-electron chi connectivity index (χ0n) is 23.1. The van der Waals surface area contributed by atoms with Crippen molar-refractivity contribution in [2.75, 3.05) is 32.7 Å². The highest BCUT2D eigenvalue weighted by Crippen LogP contribution is 2.38. The van der Waals surface area contributed by atoms with Gasteiger partial charge in [0.2, 0.25) is 11.8 Å². The standard InChI is InChI=1S/C31H45N3O2S/c1-4-5-6-7-8-9-14-30(36)34-21-20-33(23-25(34)3)29(35)16-19-32-18-15-28-27(17-22-37-28)31(32)26-13-11-10-12-24(26)2/h10-13,17,22,25,31H,4-9,14-16,18-21,23H2,1-3H3/t25-,31+/m1/s1. The molecular formula is C31H45N3O2S. The van der Waals surface area contributed by atoms with Gasteiger partial charge in [0.15, 0.2) is 0 Å². The lowest BCUT2D eigenvalue weighted by Crippen LogP contribution is -2.55. The molecule has 1 aromatic heterocycles. The van der Waals surface area contributed by atoms with Crippen LogP contribution in [0.15, 0.2) is 35.7 Å². The smallest absolute Gasteiger partial charge is 0.223 e. The van der Waals surface area contributed by atoms with Crippen molar-refractivity contribution in [3.8, 4) is 0 Å². The second-order valence-corrected chi connectivity index (χ2v) is 11.9. The number of carbonyl (C=O) groups excluding carboxylic acids is 2. The molecule has 4 rings (SSSR count). The topological polar surface area (TPSA) is 43.9 Å². The van der Waals surface area contributed by atoms with E-state index in [2.05, 4.69) is 61.4 Å². The van der Waals surface area contributed by atoms with Crippen molar-refractivity contribution in [3.05, 3.63) is 57.3 Å². The van der Waals surface area contributed by atoms with Gasteiger partial charge in [0.05, 0.1) is 6.04 Å². The van der Waals surface area contributed by atoms with Crippen LogP contribution in [0, 0.1) is 6.92 Å². The normalized spacial score (nSPS) is 20.2. The van der Waals surface area contributed by atoms with Crippen LogP contribution in [-0.2, 0) is 16.0 Å². The number of unbranched alkanes of at least 4 members (excludes halogenated alkanes) is 5. The van der Waals surface area contributed by atoms with Crippen LogP contribution in [0.2, 0.25) is 0 Å². The molecule has 0 unspecified atom stereocenters. The molecule has 37 heavy (non-hydrogen) atoms. The molecule has 202 valence electrons. The number of carbonyl (C=O) groups is 2. The maximum absolute atomic E-state index is 13.3. The number of piperazine rings is 1. The van der Waals surface area contributed by atoms with Crippen LogP contribution >= 0.6 is 11.3 Å². The maximum atomic E-state index is 13.3. The van der Waals surface area contributed by atoms with Gasteiger partial charge in [-0.05, 0) is 54.8 Å². The third kappa shape index (κ3) is 7.02. The molecule has 0 spiro atoms. The summed E-state index contributed by atoms with van der Waals surface area (Å²) in [6.07, 6.45) is 9.41. The first-order chi connectivity index (χ1) is 18.0. The Morgan fingerprint density at radius 1 is 0.919 bits per heavy atom. The van der Waals surface area contributed by atoms with Gasteiger partial charge in [0, 0.05) is 56.5 Å². The Balaban J connectivity index is 1.28. The number of rotatable bonds is 11. The van der Waals surface area contributed by atoms with Gasteiger partial charge in [-0.15, -0.1) is 11.3 Å². The summed E-state index contributed by atoms with van der Waals surface area (Å²) in [5.74, 6) is 0.477. The Morgan fingerprint density at radius 2 is 1.70 bits per heavy atom. The molecule has 0 bridgehead atoms. The quantitative estimate of drug-likeness (QED) is 0.329.